The van der Waals surface area contributed by atoms with Crippen LogP contribution in [0.1, 0.15) is 132 Å². The minimum absolute atomic E-state index is 0.0447. The molecule has 0 aromatic rings. The van der Waals surface area contributed by atoms with Crippen LogP contribution in [0.3, 0.4) is 0 Å². The third kappa shape index (κ3) is 13.0. The molecule has 0 aromatic carbocycles. The average Bonchev–Trinajstić information content (AvgIpc) is 3.35. The molecule has 276 valence electrons. The van der Waals surface area contributed by atoms with Gasteiger partial charge in [-0.05, 0) is 38.4 Å². The number of methoxy groups -OCH3 is 2. The van der Waals surface area contributed by atoms with Gasteiger partial charge >= 0.3 is 5.97 Å². The topological polar surface area (TPSA) is 111 Å². The maximum Gasteiger partial charge on any atom is 0.366 e. The first-order valence-electron chi connectivity index (χ1n) is 18.2. The van der Waals surface area contributed by atoms with E-state index in [1.807, 2.05) is 13.8 Å². The van der Waals surface area contributed by atoms with E-state index in [1.54, 1.807) is 0 Å². The molecular formula is C36H69NO9Si. The van der Waals surface area contributed by atoms with Gasteiger partial charge in [0.05, 0.1) is 25.9 Å². The van der Waals surface area contributed by atoms with Crippen molar-refractivity contribution in [2.45, 2.75) is 192 Å². The summed E-state index contributed by atoms with van der Waals surface area (Å²) in [6.07, 6.45) is 12.3. The van der Waals surface area contributed by atoms with E-state index in [-0.39, 0.29) is 24.0 Å². The average molecular weight is 688 g/mol. The molecule has 0 radical (unpaired) electrons. The summed E-state index contributed by atoms with van der Waals surface area (Å²) in [5, 5.41) is 2.97. The number of nitrogens with one attached hydrogen (secondary N) is 1. The van der Waals surface area contributed by atoms with E-state index in [1.165, 1.54) is 78.9 Å². The van der Waals surface area contributed by atoms with Crippen LogP contribution in [0, 0.1) is 0 Å². The highest BCUT2D eigenvalue weighted by Crippen LogP contribution is 2.43. The Morgan fingerprint density at radius 2 is 1.47 bits per heavy atom. The van der Waals surface area contributed by atoms with Crippen LogP contribution in [-0.4, -0.2) is 89.7 Å². The number of carbonyl (C=O) groups is 2. The summed E-state index contributed by atoms with van der Waals surface area (Å²) in [6, 6.07) is -0.645. The fourth-order valence-electron chi connectivity index (χ4n) is 6.25. The molecule has 2 rings (SSSR count). The highest BCUT2D eigenvalue weighted by molar-refractivity contribution is 6.74. The highest BCUT2D eigenvalue weighted by Gasteiger charge is 2.59. The van der Waals surface area contributed by atoms with Gasteiger partial charge in [0.15, 0.2) is 14.1 Å². The Kier molecular flexibility index (Phi) is 17.3. The second-order valence-corrected chi connectivity index (χ2v) is 20.2. The van der Waals surface area contributed by atoms with Gasteiger partial charge in [-0.1, -0.05) is 98.3 Å². The van der Waals surface area contributed by atoms with Crippen molar-refractivity contribution in [2.75, 3.05) is 27.4 Å². The lowest BCUT2D eigenvalue weighted by atomic mass is 9.88. The minimum atomic E-state index is -2.40. The Hall–Kier alpha value is -1.08. The van der Waals surface area contributed by atoms with Crippen molar-refractivity contribution in [3.63, 3.8) is 0 Å². The van der Waals surface area contributed by atoms with Gasteiger partial charge in [-0.2, -0.15) is 0 Å². The molecule has 10 nitrogen and oxygen atoms in total. The molecule has 0 unspecified atom stereocenters. The molecule has 0 aromatic heterocycles. The normalized spacial score (nSPS) is 27.0. The number of carbonyl (C=O) groups excluding carboxylic acids is 2. The van der Waals surface area contributed by atoms with Gasteiger partial charge in [-0.3, -0.25) is 4.79 Å². The summed E-state index contributed by atoms with van der Waals surface area (Å²) in [7, 11) is 0.340. The summed E-state index contributed by atoms with van der Waals surface area (Å²) < 4.78 is 43.5. The van der Waals surface area contributed by atoms with Crippen LogP contribution in [0.2, 0.25) is 18.1 Å². The minimum Gasteiger partial charge on any atom is -0.465 e. The van der Waals surface area contributed by atoms with Gasteiger partial charge in [0, 0.05) is 27.1 Å². The third-order valence-corrected chi connectivity index (χ3v) is 14.5. The first-order valence-corrected chi connectivity index (χ1v) is 21.1. The van der Waals surface area contributed by atoms with Crippen LogP contribution in [0.5, 0.6) is 0 Å². The van der Waals surface area contributed by atoms with Crippen LogP contribution in [0.4, 0.5) is 0 Å². The maximum atomic E-state index is 13.3. The smallest absolute Gasteiger partial charge is 0.366 e. The first kappa shape index (κ1) is 42.1. The SMILES string of the molecule is CCCCCCCCCCCCCCO[C@@H]([C@@H]1O[C@](OC)(C(=O)OC)C[C@H](O[Si](C)(C)C(C)(C)C)[C@H]1NC(C)=O)[C@H]1COC(C)(C)O1. The monoisotopic (exact) mass is 687 g/mol. The van der Waals surface area contributed by atoms with Crippen LogP contribution in [0.15, 0.2) is 0 Å². The fourth-order valence-corrected chi connectivity index (χ4v) is 7.59. The number of unbranched alkanes of at least 4 members (excludes halogenated alkanes) is 11. The van der Waals surface area contributed by atoms with Crippen molar-refractivity contribution in [1.29, 1.82) is 0 Å². The van der Waals surface area contributed by atoms with Crippen LogP contribution >= 0.6 is 0 Å². The Morgan fingerprint density at radius 1 is 0.915 bits per heavy atom. The molecule has 2 aliphatic heterocycles. The van der Waals surface area contributed by atoms with Gasteiger partial charge in [0.2, 0.25) is 5.91 Å². The highest BCUT2D eigenvalue weighted by atomic mass is 28.4. The number of rotatable bonds is 21. The van der Waals surface area contributed by atoms with Gasteiger partial charge in [0.25, 0.3) is 5.79 Å². The molecule has 0 aliphatic carbocycles. The number of hydrogen-bond donors (Lipinski definition) is 1. The Balaban J connectivity index is 2.24. The van der Waals surface area contributed by atoms with Crippen molar-refractivity contribution in [3.05, 3.63) is 0 Å². The van der Waals surface area contributed by atoms with E-state index in [4.69, 9.17) is 32.8 Å². The van der Waals surface area contributed by atoms with Gasteiger partial charge in [0.1, 0.15) is 18.3 Å². The third-order valence-electron chi connectivity index (χ3n) is 10.0. The van der Waals surface area contributed by atoms with Crippen LogP contribution in [-0.2, 0) is 42.4 Å². The molecule has 0 saturated carbocycles. The molecule has 1 N–H and O–H groups in total. The van der Waals surface area contributed by atoms with E-state index >= 15 is 0 Å². The van der Waals surface area contributed by atoms with E-state index < -0.39 is 56.3 Å². The second-order valence-electron chi connectivity index (χ2n) is 15.5. The molecule has 2 aliphatic rings. The quantitative estimate of drug-likeness (QED) is 0.0749. The molecule has 47 heavy (non-hydrogen) atoms. The summed E-state index contributed by atoms with van der Waals surface area (Å²) >= 11 is 0. The van der Waals surface area contributed by atoms with Crippen molar-refractivity contribution >= 4 is 20.2 Å². The van der Waals surface area contributed by atoms with E-state index in [0.29, 0.717) is 6.61 Å². The molecule has 11 heteroatoms. The molecule has 0 bridgehead atoms. The Morgan fingerprint density at radius 3 is 1.91 bits per heavy atom. The van der Waals surface area contributed by atoms with E-state index in [2.05, 4.69) is 46.1 Å². The maximum absolute atomic E-state index is 13.3. The Labute approximate surface area is 287 Å². The summed E-state index contributed by atoms with van der Waals surface area (Å²) in [4.78, 5) is 26.0. The zero-order valence-electron chi connectivity index (χ0n) is 31.7. The molecule has 2 heterocycles. The standard InChI is InChI=1S/C36H69NO9Si/c1-12-13-14-15-16-17-18-19-20-21-22-23-24-42-31(29-26-43-35(6,7)44-29)32-30(37-27(2)38)28(46-47(10,11)34(3,4)5)25-36(41-9,45-32)33(39)40-8/h28-32H,12-26H2,1-11H3,(H,37,38)/t28-,29+,30+,31+,32+,36-/m0/s1. The lowest BCUT2D eigenvalue weighted by molar-refractivity contribution is -0.307. The number of esters is 1. The number of ether oxygens (including phenoxy) is 6. The lowest BCUT2D eigenvalue weighted by Gasteiger charge is -2.51. The predicted molar refractivity (Wildman–Crippen MR) is 187 cm³/mol. The second kappa shape index (κ2) is 19.3. The Bertz CT molecular complexity index is 940. The summed E-state index contributed by atoms with van der Waals surface area (Å²) in [5.41, 5.74) is 0. The molecule has 0 spiro atoms. The van der Waals surface area contributed by atoms with Crippen molar-refractivity contribution in [3.8, 4) is 0 Å². The molecule has 2 fully saturated rings. The zero-order valence-corrected chi connectivity index (χ0v) is 32.7. The number of amides is 1. The number of hydrogen-bond acceptors (Lipinski definition) is 9. The van der Waals surface area contributed by atoms with Crippen molar-refractivity contribution < 1.29 is 42.4 Å². The largest absolute Gasteiger partial charge is 0.465 e. The van der Waals surface area contributed by atoms with Crippen LogP contribution < -0.4 is 5.32 Å². The van der Waals surface area contributed by atoms with Crippen molar-refractivity contribution in [2.24, 2.45) is 0 Å². The van der Waals surface area contributed by atoms with E-state index in [9.17, 15) is 9.59 Å². The van der Waals surface area contributed by atoms with Gasteiger partial charge < -0.3 is 38.2 Å². The summed E-state index contributed by atoms with van der Waals surface area (Å²) in [6.45, 7) is 18.9. The van der Waals surface area contributed by atoms with E-state index in [0.717, 1.165) is 19.3 Å². The van der Waals surface area contributed by atoms with Gasteiger partial charge in [-0.25, -0.2) is 4.79 Å². The molecule has 6 atom stereocenters. The molecular weight excluding hydrogens is 618 g/mol. The van der Waals surface area contributed by atoms with Crippen LogP contribution in [0.25, 0.3) is 0 Å². The molecule has 1 amide bonds. The van der Waals surface area contributed by atoms with Gasteiger partial charge in [-0.15, -0.1) is 0 Å². The first-order chi connectivity index (χ1) is 22.0. The summed E-state index contributed by atoms with van der Waals surface area (Å²) in [5.74, 6) is -3.48. The lowest BCUT2D eigenvalue weighted by Crippen LogP contribution is -2.69. The molecule has 2 saturated heterocycles. The zero-order chi connectivity index (χ0) is 35.3. The fraction of sp³-hybridized carbons (Fsp3) is 0.944. The predicted octanol–water partition coefficient (Wildman–Crippen LogP) is 7.42. The van der Waals surface area contributed by atoms with Crippen molar-refractivity contribution in [1.82, 2.24) is 5.32 Å².